The molecule has 0 radical (unpaired) electrons. The molecule has 2 aromatic carbocycles. The van der Waals surface area contributed by atoms with Gasteiger partial charge in [-0.15, -0.1) is 0 Å². The van der Waals surface area contributed by atoms with Crippen molar-refractivity contribution in [1.29, 1.82) is 0 Å². The maximum absolute atomic E-state index is 13.9. The molecule has 2 aliphatic heterocycles. The molecular weight excluding hydrogens is 421 g/mol. The molecule has 1 saturated heterocycles. The molecule has 2 amide bonds. The van der Waals surface area contributed by atoms with Crippen molar-refractivity contribution in [3.63, 3.8) is 0 Å². The van der Waals surface area contributed by atoms with E-state index in [1.807, 2.05) is 0 Å². The van der Waals surface area contributed by atoms with E-state index in [-0.39, 0.29) is 36.0 Å². The van der Waals surface area contributed by atoms with E-state index in [1.165, 1.54) is 21.9 Å². The molecule has 0 atom stereocenters. The summed E-state index contributed by atoms with van der Waals surface area (Å²) in [6, 6.07) is 7.06. The molecule has 0 spiro atoms. The Morgan fingerprint density at radius 3 is 2.00 bits per heavy atom. The highest BCUT2D eigenvalue weighted by molar-refractivity contribution is 7.96. The summed E-state index contributed by atoms with van der Waals surface area (Å²) in [7, 11) is -3.92. The summed E-state index contributed by atoms with van der Waals surface area (Å²) < 4.78 is 65.6. The quantitative estimate of drug-likeness (QED) is 0.677. The zero-order chi connectivity index (χ0) is 21.6. The van der Waals surface area contributed by atoms with Gasteiger partial charge in [-0.1, -0.05) is 18.2 Å². The second-order valence-electron chi connectivity index (χ2n) is 6.88. The fourth-order valence-corrected chi connectivity index (χ4v) is 5.06. The van der Waals surface area contributed by atoms with Gasteiger partial charge in [0.15, 0.2) is 11.6 Å². The Balaban J connectivity index is 1.47. The van der Waals surface area contributed by atoms with Crippen LogP contribution in [-0.4, -0.2) is 56.2 Å². The van der Waals surface area contributed by atoms with Crippen molar-refractivity contribution in [1.82, 2.24) is 9.80 Å². The van der Waals surface area contributed by atoms with Crippen LogP contribution in [0.25, 0.3) is 6.08 Å². The predicted octanol–water partition coefficient (Wildman–Crippen LogP) is 2.22. The van der Waals surface area contributed by atoms with Gasteiger partial charge >= 0.3 is 0 Å². The third-order valence-electron chi connectivity index (χ3n) is 5.09. The average Bonchev–Trinajstić information content (AvgIpc) is 3.01. The number of rotatable bonds is 2. The summed E-state index contributed by atoms with van der Waals surface area (Å²) in [5, 5.41) is 0. The Morgan fingerprint density at radius 2 is 1.37 bits per heavy atom. The molecule has 2 heterocycles. The lowest BCUT2D eigenvalue weighted by Gasteiger charge is -2.35. The first-order chi connectivity index (χ1) is 14.2. The standard InChI is InChI=1S/C20H15F3N2O4S/c21-14-11-16(23)15(22)10-13(14)19(26)24-5-7-25(8-6-24)20(27)18-9-12-3-1-2-4-17(12)30(18,28)29/h1-4,9-11H,5-8H2. The lowest BCUT2D eigenvalue weighted by molar-refractivity contribution is -0.127. The zero-order valence-electron chi connectivity index (χ0n) is 15.4. The van der Waals surface area contributed by atoms with E-state index in [2.05, 4.69) is 0 Å². The first-order valence-electron chi connectivity index (χ1n) is 8.99. The fourth-order valence-electron chi connectivity index (χ4n) is 3.48. The molecule has 0 aliphatic carbocycles. The van der Waals surface area contributed by atoms with Gasteiger partial charge in [-0.25, -0.2) is 21.6 Å². The molecule has 4 rings (SSSR count). The molecular formula is C20H15F3N2O4S. The van der Waals surface area contributed by atoms with Crippen molar-refractivity contribution < 1.29 is 31.2 Å². The average molecular weight is 436 g/mol. The minimum atomic E-state index is -3.92. The van der Waals surface area contributed by atoms with E-state index in [1.54, 1.807) is 18.2 Å². The van der Waals surface area contributed by atoms with Gasteiger partial charge in [0.05, 0.1) is 10.5 Å². The number of carbonyl (C=O) groups is 2. The van der Waals surface area contributed by atoms with Crippen molar-refractivity contribution >= 4 is 27.7 Å². The normalized spacial score (nSPS) is 17.5. The molecule has 1 fully saturated rings. The van der Waals surface area contributed by atoms with E-state index in [4.69, 9.17) is 0 Å². The van der Waals surface area contributed by atoms with Crippen LogP contribution in [0, 0.1) is 17.5 Å². The third kappa shape index (κ3) is 3.26. The molecule has 30 heavy (non-hydrogen) atoms. The maximum Gasteiger partial charge on any atom is 0.265 e. The van der Waals surface area contributed by atoms with Crippen LogP contribution in [0.4, 0.5) is 13.2 Å². The molecule has 2 aliphatic rings. The fraction of sp³-hybridized carbons (Fsp3) is 0.200. The van der Waals surface area contributed by atoms with Gasteiger partial charge in [0, 0.05) is 32.2 Å². The Hall–Kier alpha value is -3.14. The number of fused-ring (bicyclic) bond motifs is 1. The number of nitrogens with zero attached hydrogens (tertiary/aromatic N) is 2. The molecule has 0 N–H and O–H groups in total. The van der Waals surface area contributed by atoms with Crippen molar-refractivity contribution in [2.75, 3.05) is 26.2 Å². The van der Waals surface area contributed by atoms with Crippen molar-refractivity contribution in [2.24, 2.45) is 0 Å². The van der Waals surface area contributed by atoms with Gasteiger partial charge in [-0.2, -0.15) is 0 Å². The molecule has 156 valence electrons. The van der Waals surface area contributed by atoms with E-state index in [0.717, 1.165) is 0 Å². The molecule has 10 heteroatoms. The molecule has 0 saturated carbocycles. The SMILES string of the molecule is O=C(C1=Cc2ccccc2S1(=O)=O)N1CCN(C(=O)c2cc(F)c(F)cc2F)CC1. The number of piperazine rings is 1. The lowest BCUT2D eigenvalue weighted by atomic mass is 10.1. The predicted molar refractivity (Wildman–Crippen MR) is 100 cm³/mol. The number of halogens is 3. The van der Waals surface area contributed by atoms with Gasteiger partial charge in [0.1, 0.15) is 10.7 Å². The molecule has 6 nitrogen and oxygen atoms in total. The number of carbonyl (C=O) groups excluding carboxylic acids is 2. The van der Waals surface area contributed by atoms with Crippen LogP contribution in [0.1, 0.15) is 15.9 Å². The minimum Gasteiger partial charge on any atom is -0.335 e. The number of hydrogen-bond acceptors (Lipinski definition) is 4. The summed E-state index contributed by atoms with van der Waals surface area (Å²) in [6.07, 6.45) is 1.32. The highest BCUT2D eigenvalue weighted by atomic mass is 32.2. The Kier molecular flexibility index (Phi) is 4.89. The monoisotopic (exact) mass is 436 g/mol. The number of hydrogen-bond donors (Lipinski definition) is 0. The smallest absolute Gasteiger partial charge is 0.265 e. The van der Waals surface area contributed by atoms with Crippen LogP contribution in [0.3, 0.4) is 0 Å². The van der Waals surface area contributed by atoms with Crippen molar-refractivity contribution in [3.05, 3.63) is 69.9 Å². The zero-order valence-corrected chi connectivity index (χ0v) is 16.3. The first-order valence-corrected chi connectivity index (χ1v) is 10.5. The van der Waals surface area contributed by atoms with Gasteiger partial charge < -0.3 is 9.80 Å². The number of benzene rings is 2. The third-order valence-corrected chi connectivity index (χ3v) is 6.91. The Morgan fingerprint density at radius 1 is 0.800 bits per heavy atom. The Labute approximate surface area is 170 Å². The molecule has 0 aromatic heterocycles. The van der Waals surface area contributed by atoms with E-state index >= 15 is 0 Å². The summed E-state index contributed by atoms with van der Waals surface area (Å²) in [6.45, 7) is 0.00468. The van der Waals surface area contributed by atoms with Gasteiger partial charge in [-0.3, -0.25) is 9.59 Å². The summed E-state index contributed by atoms with van der Waals surface area (Å²) >= 11 is 0. The van der Waals surface area contributed by atoms with Crippen LogP contribution in [0.2, 0.25) is 0 Å². The van der Waals surface area contributed by atoms with Crippen LogP contribution < -0.4 is 0 Å². The number of sulfone groups is 1. The van der Waals surface area contributed by atoms with Crippen LogP contribution in [0.5, 0.6) is 0 Å². The molecule has 0 bridgehead atoms. The Bertz CT molecular complexity index is 1200. The largest absolute Gasteiger partial charge is 0.335 e. The van der Waals surface area contributed by atoms with Gasteiger partial charge in [0.2, 0.25) is 9.84 Å². The highest BCUT2D eigenvalue weighted by Crippen LogP contribution is 2.33. The van der Waals surface area contributed by atoms with E-state index in [9.17, 15) is 31.2 Å². The highest BCUT2D eigenvalue weighted by Gasteiger charge is 2.37. The summed E-state index contributed by atoms with van der Waals surface area (Å²) in [5.41, 5.74) is -0.173. The number of amides is 2. The van der Waals surface area contributed by atoms with E-state index < -0.39 is 44.7 Å². The molecule has 2 aromatic rings. The van der Waals surface area contributed by atoms with Crippen molar-refractivity contribution in [2.45, 2.75) is 4.90 Å². The van der Waals surface area contributed by atoms with E-state index in [0.29, 0.717) is 17.7 Å². The van der Waals surface area contributed by atoms with Crippen LogP contribution >= 0.6 is 0 Å². The lowest BCUT2D eigenvalue weighted by Crippen LogP contribution is -2.51. The maximum atomic E-state index is 13.9. The van der Waals surface area contributed by atoms with Crippen LogP contribution in [0.15, 0.2) is 46.2 Å². The summed E-state index contributed by atoms with van der Waals surface area (Å²) in [5.74, 6) is -5.44. The second kappa shape index (κ2) is 7.28. The van der Waals surface area contributed by atoms with Gasteiger partial charge in [-0.05, 0) is 23.8 Å². The summed E-state index contributed by atoms with van der Waals surface area (Å²) in [4.78, 5) is 27.5. The van der Waals surface area contributed by atoms with Crippen molar-refractivity contribution in [3.8, 4) is 0 Å². The first kappa shape index (κ1) is 20.1. The molecule has 0 unspecified atom stereocenters. The van der Waals surface area contributed by atoms with Gasteiger partial charge in [0.25, 0.3) is 11.8 Å². The van der Waals surface area contributed by atoms with Crippen LogP contribution in [-0.2, 0) is 14.6 Å². The topological polar surface area (TPSA) is 74.8 Å². The minimum absolute atomic E-state index is 0.0106. The second-order valence-corrected chi connectivity index (χ2v) is 8.77.